The minimum atomic E-state index is -1.29. The van der Waals surface area contributed by atoms with Gasteiger partial charge in [-0.15, -0.1) is 0 Å². The molecule has 2 amide bonds. The third kappa shape index (κ3) is 5.04. The number of hydrogen-bond donors (Lipinski definition) is 1. The van der Waals surface area contributed by atoms with Gasteiger partial charge in [-0.2, -0.15) is 0 Å². The standard InChI is InChI=1S/C23H21Cl2F2N3O8/c1-9-16(38-23(34)36-9)8-35-21(32)17-12-6-29(7-13(12)17)18-14(26)2-10(3-15(18)27)30-5-11(37-22(30)33)4-28-20(31)19(24)25/h2-3,11-13,17,19H,4-8H2,1H3,(H,28,31). The molecule has 0 radical (unpaired) electrons. The highest BCUT2D eigenvalue weighted by Gasteiger charge is 2.61. The number of anilines is 2. The lowest BCUT2D eigenvalue weighted by atomic mass is 10.2. The first-order valence-electron chi connectivity index (χ1n) is 11.6. The van der Waals surface area contributed by atoms with Crippen LogP contribution in [0.1, 0.15) is 11.5 Å². The van der Waals surface area contributed by atoms with Crippen LogP contribution in [0.15, 0.2) is 25.8 Å². The van der Waals surface area contributed by atoms with Gasteiger partial charge in [0, 0.05) is 25.2 Å². The fourth-order valence-electron chi connectivity index (χ4n) is 4.94. The van der Waals surface area contributed by atoms with E-state index in [1.165, 1.54) is 11.8 Å². The van der Waals surface area contributed by atoms with Gasteiger partial charge in [0.2, 0.25) is 0 Å². The Bertz CT molecular complexity index is 1310. The smallest absolute Gasteiger partial charge is 0.457 e. The summed E-state index contributed by atoms with van der Waals surface area (Å²) in [5.74, 6) is -4.12. The van der Waals surface area contributed by atoms with E-state index in [2.05, 4.69) is 5.32 Å². The first-order valence-corrected chi connectivity index (χ1v) is 12.4. The molecule has 15 heteroatoms. The maximum Gasteiger partial charge on any atom is 0.519 e. The van der Waals surface area contributed by atoms with Crippen molar-refractivity contribution >= 4 is 52.5 Å². The second kappa shape index (κ2) is 10.1. The van der Waals surface area contributed by atoms with Gasteiger partial charge < -0.3 is 28.5 Å². The highest BCUT2D eigenvalue weighted by Crippen LogP contribution is 2.53. The summed E-state index contributed by atoms with van der Waals surface area (Å²) in [5.41, 5.74) is -0.294. The number of nitrogens with one attached hydrogen (secondary N) is 1. The van der Waals surface area contributed by atoms with Crippen LogP contribution in [-0.2, 0) is 25.7 Å². The minimum absolute atomic E-state index is 0.0397. The Morgan fingerprint density at radius 1 is 1.13 bits per heavy atom. The second-order valence-corrected chi connectivity index (χ2v) is 10.3. The number of nitrogens with zero attached hydrogens (tertiary/aromatic N) is 2. The van der Waals surface area contributed by atoms with Crippen molar-refractivity contribution in [2.75, 3.05) is 36.0 Å². The van der Waals surface area contributed by atoms with E-state index in [-0.39, 0.29) is 67.5 Å². The van der Waals surface area contributed by atoms with Crippen molar-refractivity contribution in [3.8, 4) is 0 Å². The van der Waals surface area contributed by atoms with Gasteiger partial charge in [-0.3, -0.25) is 14.5 Å². The lowest BCUT2D eigenvalue weighted by Crippen LogP contribution is -2.37. The van der Waals surface area contributed by atoms with Crippen molar-refractivity contribution in [1.29, 1.82) is 0 Å². The van der Waals surface area contributed by atoms with E-state index in [4.69, 9.17) is 41.5 Å². The maximum atomic E-state index is 15.0. The summed E-state index contributed by atoms with van der Waals surface area (Å²) in [6.45, 7) is 1.63. The number of halogens is 4. The van der Waals surface area contributed by atoms with E-state index < -0.39 is 52.3 Å². The predicted molar refractivity (Wildman–Crippen MR) is 127 cm³/mol. The van der Waals surface area contributed by atoms with E-state index in [1.54, 1.807) is 0 Å². The molecule has 1 aromatic carbocycles. The van der Waals surface area contributed by atoms with E-state index in [0.717, 1.165) is 17.0 Å². The van der Waals surface area contributed by atoms with Crippen molar-refractivity contribution < 1.29 is 41.5 Å². The van der Waals surface area contributed by atoms with E-state index in [0.29, 0.717) is 0 Å². The zero-order valence-corrected chi connectivity index (χ0v) is 21.3. The first-order chi connectivity index (χ1) is 18.0. The van der Waals surface area contributed by atoms with Gasteiger partial charge in [0.1, 0.15) is 11.8 Å². The molecule has 1 aromatic heterocycles. The summed E-state index contributed by atoms with van der Waals surface area (Å²) < 4.78 is 50.0. The number of esters is 1. The Hall–Kier alpha value is -3.32. The maximum absolute atomic E-state index is 15.0. The molecule has 3 aliphatic rings. The van der Waals surface area contributed by atoms with Crippen LogP contribution < -0.4 is 20.9 Å². The third-order valence-corrected chi connectivity index (χ3v) is 7.25. The molecule has 11 nitrogen and oxygen atoms in total. The van der Waals surface area contributed by atoms with Gasteiger partial charge in [0.05, 0.1) is 24.7 Å². The Morgan fingerprint density at radius 3 is 2.37 bits per heavy atom. The Kier molecular flexibility index (Phi) is 6.99. The minimum Gasteiger partial charge on any atom is -0.457 e. The summed E-state index contributed by atoms with van der Waals surface area (Å²) in [6, 6.07) is 2.07. The molecule has 204 valence electrons. The molecule has 3 heterocycles. The molecular formula is C23H21Cl2F2N3O8. The Balaban J connectivity index is 1.17. The largest absolute Gasteiger partial charge is 0.519 e. The van der Waals surface area contributed by atoms with Crippen LogP contribution in [0.4, 0.5) is 25.0 Å². The molecule has 2 aromatic rings. The number of piperidine rings is 1. The molecule has 0 spiro atoms. The number of cyclic esters (lactones) is 1. The normalized spacial score (nSPS) is 24.0. The van der Waals surface area contributed by atoms with E-state index in [9.17, 15) is 19.2 Å². The summed E-state index contributed by atoms with van der Waals surface area (Å²) >= 11 is 10.9. The molecule has 0 bridgehead atoms. The fourth-order valence-corrected chi connectivity index (χ4v) is 5.09. The number of benzene rings is 1. The van der Waals surface area contributed by atoms with Gasteiger partial charge in [0.25, 0.3) is 5.91 Å². The van der Waals surface area contributed by atoms with Gasteiger partial charge in [0.15, 0.2) is 34.6 Å². The lowest BCUT2D eigenvalue weighted by Gasteiger charge is -2.24. The number of rotatable bonds is 8. The van der Waals surface area contributed by atoms with E-state index in [1.807, 2.05) is 0 Å². The zero-order chi connectivity index (χ0) is 27.3. The van der Waals surface area contributed by atoms with Crippen molar-refractivity contribution in [3.05, 3.63) is 45.9 Å². The zero-order valence-electron chi connectivity index (χ0n) is 19.7. The van der Waals surface area contributed by atoms with Gasteiger partial charge >= 0.3 is 17.9 Å². The van der Waals surface area contributed by atoms with Crippen LogP contribution in [-0.4, -0.2) is 55.1 Å². The molecule has 1 aliphatic carbocycles. The summed E-state index contributed by atoms with van der Waals surface area (Å²) in [4.78, 5) is 48.6. The summed E-state index contributed by atoms with van der Waals surface area (Å²) in [6.07, 6.45) is -1.59. The number of fused-ring (bicyclic) bond motifs is 1. The van der Waals surface area contributed by atoms with Crippen LogP contribution in [0.3, 0.4) is 0 Å². The quantitative estimate of drug-likeness (QED) is 0.372. The number of ether oxygens (including phenoxy) is 2. The molecule has 2 saturated heterocycles. The number of alkyl halides is 2. The Labute approximate surface area is 223 Å². The second-order valence-electron chi connectivity index (χ2n) is 9.22. The average molecular weight is 576 g/mol. The van der Waals surface area contributed by atoms with Gasteiger partial charge in [-0.1, -0.05) is 23.2 Å². The molecule has 3 atom stereocenters. The molecular weight excluding hydrogens is 555 g/mol. The number of carbonyl (C=O) groups excluding carboxylic acids is 3. The van der Waals surface area contributed by atoms with Crippen LogP contribution >= 0.6 is 23.2 Å². The van der Waals surface area contributed by atoms with Crippen LogP contribution in [0.2, 0.25) is 0 Å². The molecule has 1 saturated carbocycles. The van der Waals surface area contributed by atoms with E-state index >= 15 is 8.78 Å². The highest BCUT2D eigenvalue weighted by molar-refractivity contribution is 6.53. The van der Waals surface area contributed by atoms with Crippen LogP contribution in [0.5, 0.6) is 0 Å². The first kappa shape index (κ1) is 26.3. The molecule has 5 rings (SSSR count). The average Bonchev–Trinajstić information content (AvgIpc) is 3.13. The molecule has 3 fully saturated rings. The lowest BCUT2D eigenvalue weighted by molar-refractivity contribution is -0.147. The molecule has 2 aliphatic heterocycles. The summed E-state index contributed by atoms with van der Waals surface area (Å²) in [7, 11) is 0. The van der Waals surface area contributed by atoms with Crippen molar-refractivity contribution in [3.63, 3.8) is 0 Å². The molecule has 1 N–H and O–H groups in total. The molecule has 3 unspecified atom stereocenters. The van der Waals surface area contributed by atoms with Crippen molar-refractivity contribution in [2.45, 2.75) is 24.5 Å². The highest BCUT2D eigenvalue weighted by atomic mass is 35.5. The monoisotopic (exact) mass is 575 g/mol. The number of carbonyl (C=O) groups is 3. The summed E-state index contributed by atoms with van der Waals surface area (Å²) in [5, 5.41) is 2.41. The number of hydrogen-bond acceptors (Lipinski definition) is 9. The van der Waals surface area contributed by atoms with Gasteiger partial charge in [-0.05, 0) is 18.8 Å². The van der Waals surface area contributed by atoms with Crippen LogP contribution in [0.25, 0.3) is 0 Å². The topological polar surface area (TPSA) is 132 Å². The van der Waals surface area contributed by atoms with Crippen molar-refractivity contribution in [2.24, 2.45) is 17.8 Å². The van der Waals surface area contributed by atoms with Gasteiger partial charge in [-0.25, -0.2) is 18.4 Å². The number of aryl methyl sites for hydroxylation is 1. The molecule has 38 heavy (non-hydrogen) atoms. The SMILES string of the molecule is Cc1oc(=O)oc1COC(=O)C1C2CN(c3c(F)cc(N4CC(CNC(=O)C(Cl)Cl)OC4=O)cc3F)CC21. The van der Waals surface area contributed by atoms with Crippen molar-refractivity contribution in [1.82, 2.24) is 5.32 Å². The van der Waals surface area contributed by atoms with Crippen LogP contribution in [0, 0.1) is 36.3 Å². The third-order valence-electron chi connectivity index (χ3n) is 6.85. The fraction of sp³-hybridized carbons (Fsp3) is 0.478. The Morgan fingerprint density at radius 2 is 1.79 bits per heavy atom. The number of amides is 2. The predicted octanol–water partition coefficient (Wildman–Crippen LogP) is 2.49.